The Labute approximate surface area is 97.8 Å². The number of nitrogens with zero attached hydrogens (tertiary/aromatic N) is 2. The fraction of sp³-hybridized carbons (Fsp3) is 0.750. The fourth-order valence-electron chi connectivity index (χ4n) is 0.400. The van der Waals surface area contributed by atoms with Crippen LogP contribution in [0.2, 0.25) is 0 Å². The van der Waals surface area contributed by atoms with Gasteiger partial charge in [-0.25, -0.2) is 0 Å². The molecule has 0 bridgehead atoms. The predicted molar refractivity (Wildman–Crippen MR) is 50.1 cm³/mol. The van der Waals surface area contributed by atoms with Crippen molar-refractivity contribution in [1.82, 2.24) is 0 Å². The second kappa shape index (κ2) is 22.5. The summed E-state index contributed by atoms with van der Waals surface area (Å²) in [5.41, 5.74) is 0. The van der Waals surface area contributed by atoms with E-state index < -0.39 is 0 Å². The molecule has 0 saturated heterocycles. The SMILES string of the molecule is CCC[N-]C[N-]CC.[CH3-].[CH3-].[Y]. The average Bonchev–Trinajstić information content (AvgIpc) is 1.81. The minimum absolute atomic E-state index is 0. The van der Waals surface area contributed by atoms with Gasteiger partial charge in [0.2, 0.25) is 0 Å². The Kier molecular flexibility index (Phi) is 46.3. The molecule has 0 unspecified atom stereocenters. The van der Waals surface area contributed by atoms with Crippen molar-refractivity contribution < 1.29 is 32.7 Å². The van der Waals surface area contributed by atoms with Crippen LogP contribution in [-0.4, -0.2) is 19.8 Å². The molecule has 0 aromatic heterocycles. The molecule has 0 aliphatic rings. The topological polar surface area (TPSA) is 28.2 Å². The molecule has 0 aliphatic carbocycles. The Morgan fingerprint density at radius 3 is 1.91 bits per heavy atom. The van der Waals surface area contributed by atoms with E-state index in [0.29, 0.717) is 6.67 Å². The smallest absolute Gasteiger partial charge is 0 e. The quantitative estimate of drug-likeness (QED) is 0.515. The molecule has 69 valence electrons. The number of rotatable bonds is 5. The molecule has 1 radical (unpaired) electrons. The van der Waals surface area contributed by atoms with Crippen LogP contribution in [-0.2, 0) is 32.7 Å². The summed E-state index contributed by atoms with van der Waals surface area (Å²) < 4.78 is 0. The molecule has 0 heterocycles. The first-order valence-corrected chi connectivity index (χ1v) is 3.18. The first-order valence-electron chi connectivity index (χ1n) is 3.18. The van der Waals surface area contributed by atoms with E-state index in [2.05, 4.69) is 17.6 Å². The van der Waals surface area contributed by atoms with Crippen LogP contribution in [0, 0.1) is 14.9 Å². The number of hydrogen-bond acceptors (Lipinski definition) is 0. The molecule has 0 N–H and O–H groups in total. The predicted octanol–water partition coefficient (Wildman–Crippen LogP) is 3.02. The third-order valence-corrected chi connectivity index (χ3v) is 0.805. The van der Waals surface area contributed by atoms with Crippen molar-refractivity contribution >= 4 is 0 Å². The van der Waals surface area contributed by atoms with Crippen LogP contribution in [0.3, 0.4) is 0 Å². The zero-order chi connectivity index (χ0) is 6.24. The van der Waals surface area contributed by atoms with Gasteiger partial charge in [0.05, 0.1) is 0 Å². The van der Waals surface area contributed by atoms with Crippen molar-refractivity contribution in [3.05, 3.63) is 25.5 Å². The van der Waals surface area contributed by atoms with E-state index in [-0.39, 0.29) is 47.6 Å². The minimum atomic E-state index is 0. The summed E-state index contributed by atoms with van der Waals surface area (Å²) in [6.45, 7) is 6.71. The van der Waals surface area contributed by atoms with E-state index >= 15 is 0 Å². The maximum Gasteiger partial charge on any atom is 0 e. The zero-order valence-corrected chi connectivity index (χ0v) is 11.1. The van der Waals surface area contributed by atoms with Crippen molar-refractivity contribution in [2.75, 3.05) is 19.8 Å². The van der Waals surface area contributed by atoms with E-state index in [1.54, 1.807) is 0 Å². The molecule has 0 aromatic carbocycles. The van der Waals surface area contributed by atoms with Gasteiger partial charge in [0.15, 0.2) is 0 Å². The summed E-state index contributed by atoms with van der Waals surface area (Å²) in [6.07, 6.45) is 1.14. The molecule has 11 heavy (non-hydrogen) atoms. The fourth-order valence-corrected chi connectivity index (χ4v) is 0.400. The third-order valence-electron chi connectivity index (χ3n) is 0.805. The Balaban J connectivity index is -0.0000000817. The van der Waals surface area contributed by atoms with Crippen LogP contribution in [0.1, 0.15) is 20.3 Å². The largest absolute Gasteiger partial charge is 0.681 e. The minimum Gasteiger partial charge on any atom is -0.681 e. The molecule has 0 saturated carbocycles. The average molecular weight is 233 g/mol. The van der Waals surface area contributed by atoms with Crippen molar-refractivity contribution in [2.24, 2.45) is 0 Å². The summed E-state index contributed by atoms with van der Waals surface area (Å²) in [5.74, 6) is 0. The van der Waals surface area contributed by atoms with Gasteiger partial charge in [-0.1, -0.05) is 20.3 Å². The van der Waals surface area contributed by atoms with Crippen LogP contribution in [0.15, 0.2) is 0 Å². The van der Waals surface area contributed by atoms with Gasteiger partial charge >= 0.3 is 0 Å². The number of hydrogen-bond donors (Lipinski definition) is 0. The van der Waals surface area contributed by atoms with Gasteiger partial charge in [-0.05, 0) is 0 Å². The van der Waals surface area contributed by atoms with Gasteiger partial charge in [0.25, 0.3) is 0 Å². The van der Waals surface area contributed by atoms with Gasteiger partial charge < -0.3 is 25.5 Å². The van der Waals surface area contributed by atoms with Crippen molar-refractivity contribution in [2.45, 2.75) is 20.3 Å². The second-order valence-corrected chi connectivity index (χ2v) is 1.63. The summed E-state index contributed by atoms with van der Waals surface area (Å²) >= 11 is 0. The van der Waals surface area contributed by atoms with E-state index in [1.165, 1.54) is 0 Å². The van der Waals surface area contributed by atoms with Crippen molar-refractivity contribution in [3.8, 4) is 0 Å². The van der Waals surface area contributed by atoms with Crippen molar-refractivity contribution in [3.63, 3.8) is 0 Å². The van der Waals surface area contributed by atoms with Crippen LogP contribution >= 0.6 is 0 Å². The molecule has 0 aliphatic heterocycles. The van der Waals surface area contributed by atoms with E-state index in [0.717, 1.165) is 19.5 Å². The first-order chi connectivity index (χ1) is 3.91. The summed E-state index contributed by atoms with van der Waals surface area (Å²) in [5, 5.41) is 8.16. The molecular formula is C8H20N2Y-4. The molecule has 0 amide bonds. The molecule has 2 nitrogen and oxygen atoms in total. The maximum absolute atomic E-state index is 4.11. The molecule has 0 atom stereocenters. The van der Waals surface area contributed by atoms with E-state index in [9.17, 15) is 0 Å². The zero-order valence-electron chi connectivity index (χ0n) is 8.30. The summed E-state index contributed by atoms with van der Waals surface area (Å²) in [4.78, 5) is 0. The Hall–Kier alpha value is 1.02. The molecule has 0 aromatic rings. The monoisotopic (exact) mass is 233 g/mol. The van der Waals surface area contributed by atoms with E-state index in [1.807, 2.05) is 6.92 Å². The molecule has 0 spiro atoms. The molecule has 0 fully saturated rings. The van der Waals surface area contributed by atoms with Gasteiger partial charge in [0, 0.05) is 32.7 Å². The second-order valence-electron chi connectivity index (χ2n) is 1.63. The van der Waals surface area contributed by atoms with Gasteiger partial charge in [0.1, 0.15) is 0 Å². The van der Waals surface area contributed by atoms with Gasteiger partial charge in [-0.2, -0.15) is 13.1 Å². The summed E-state index contributed by atoms with van der Waals surface area (Å²) in [6, 6.07) is 0. The van der Waals surface area contributed by atoms with Crippen LogP contribution in [0.4, 0.5) is 0 Å². The first kappa shape index (κ1) is 22.7. The maximum atomic E-state index is 4.11. The standard InChI is InChI=1S/C6H14N2.2CH3.Y/c1-3-5-8-6-7-4-2;;;/h3-6H2,1-2H3;2*1H3;/q-2;2*-1;. The van der Waals surface area contributed by atoms with Crippen molar-refractivity contribution in [1.29, 1.82) is 0 Å². The Bertz CT molecular complexity index is 37.1. The molecule has 3 heteroatoms. The van der Waals surface area contributed by atoms with Gasteiger partial charge in [-0.3, -0.25) is 6.67 Å². The van der Waals surface area contributed by atoms with Crippen LogP contribution in [0.25, 0.3) is 10.6 Å². The van der Waals surface area contributed by atoms with E-state index in [4.69, 9.17) is 0 Å². The molecular weight excluding hydrogens is 213 g/mol. The third kappa shape index (κ3) is 24.7. The Morgan fingerprint density at radius 1 is 1.00 bits per heavy atom. The Morgan fingerprint density at radius 2 is 1.55 bits per heavy atom. The molecule has 0 rings (SSSR count). The normalized spacial score (nSPS) is 7.09. The van der Waals surface area contributed by atoms with Gasteiger partial charge in [-0.15, -0.1) is 0 Å². The van der Waals surface area contributed by atoms with Crippen LogP contribution < -0.4 is 0 Å². The summed E-state index contributed by atoms with van der Waals surface area (Å²) in [7, 11) is 0. The van der Waals surface area contributed by atoms with Crippen LogP contribution in [0.5, 0.6) is 0 Å².